The molecule has 0 saturated carbocycles. The van der Waals surface area contributed by atoms with Crippen LogP contribution in [0.3, 0.4) is 0 Å². The van der Waals surface area contributed by atoms with Gasteiger partial charge in [-0.2, -0.15) is 5.10 Å². The number of hydrogen-bond donors (Lipinski definition) is 1. The van der Waals surface area contributed by atoms with Gasteiger partial charge < -0.3 is 10.1 Å². The minimum atomic E-state index is -0.154. The maximum Gasteiger partial charge on any atom is 0.255 e. The first-order valence-electron chi connectivity index (χ1n) is 7.70. The van der Waals surface area contributed by atoms with Gasteiger partial charge >= 0.3 is 0 Å². The van der Waals surface area contributed by atoms with Crippen molar-refractivity contribution in [2.45, 2.75) is 13.2 Å². The molecule has 0 aliphatic rings. The van der Waals surface area contributed by atoms with Gasteiger partial charge in [-0.1, -0.05) is 42.5 Å². The SMILES string of the molecule is COCc1ccc(C(=O)Nc2cnn(Cc3ccccc3)c2)cc1. The van der Waals surface area contributed by atoms with Gasteiger partial charge in [0, 0.05) is 18.9 Å². The van der Waals surface area contributed by atoms with Crippen LogP contribution < -0.4 is 5.32 Å². The molecular formula is C19H19N3O2. The average Bonchev–Trinajstić information content (AvgIpc) is 3.03. The molecule has 0 spiro atoms. The number of hydrogen-bond acceptors (Lipinski definition) is 3. The van der Waals surface area contributed by atoms with Crippen LogP contribution in [0.25, 0.3) is 0 Å². The van der Waals surface area contributed by atoms with E-state index in [0.717, 1.165) is 11.1 Å². The molecule has 5 nitrogen and oxygen atoms in total. The molecule has 0 saturated heterocycles. The first-order chi connectivity index (χ1) is 11.7. The number of rotatable bonds is 6. The van der Waals surface area contributed by atoms with Crippen LogP contribution in [0.2, 0.25) is 0 Å². The van der Waals surface area contributed by atoms with Crippen LogP contribution in [0.1, 0.15) is 21.5 Å². The number of nitrogens with one attached hydrogen (secondary N) is 1. The fourth-order valence-corrected chi connectivity index (χ4v) is 2.41. The molecule has 1 aromatic heterocycles. The van der Waals surface area contributed by atoms with Crippen LogP contribution in [0.4, 0.5) is 5.69 Å². The highest BCUT2D eigenvalue weighted by molar-refractivity contribution is 6.04. The zero-order valence-corrected chi connectivity index (χ0v) is 13.5. The first-order valence-corrected chi connectivity index (χ1v) is 7.70. The molecule has 2 aromatic carbocycles. The van der Waals surface area contributed by atoms with E-state index < -0.39 is 0 Å². The van der Waals surface area contributed by atoms with Gasteiger partial charge in [0.25, 0.3) is 5.91 Å². The zero-order valence-electron chi connectivity index (χ0n) is 13.5. The Balaban J connectivity index is 1.62. The molecule has 3 rings (SSSR count). The lowest BCUT2D eigenvalue weighted by molar-refractivity contribution is 0.102. The van der Waals surface area contributed by atoms with Gasteiger partial charge in [0.15, 0.2) is 0 Å². The van der Waals surface area contributed by atoms with Gasteiger partial charge in [-0.3, -0.25) is 9.48 Å². The summed E-state index contributed by atoms with van der Waals surface area (Å²) in [4.78, 5) is 12.3. The van der Waals surface area contributed by atoms with Crippen LogP contribution in [0, 0.1) is 0 Å². The Kier molecular flexibility index (Phi) is 5.03. The third-order valence-electron chi connectivity index (χ3n) is 3.61. The Hall–Kier alpha value is -2.92. The highest BCUT2D eigenvalue weighted by Crippen LogP contribution is 2.11. The number of benzene rings is 2. The second-order valence-corrected chi connectivity index (χ2v) is 5.50. The molecule has 0 radical (unpaired) electrons. The average molecular weight is 321 g/mol. The minimum absolute atomic E-state index is 0.154. The second kappa shape index (κ2) is 7.57. The Morgan fingerprint density at radius 2 is 1.83 bits per heavy atom. The molecule has 0 aliphatic carbocycles. The summed E-state index contributed by atoms with van der Waals surface area (Å²) in [7, 11) is 1.65. The molecule has 1 heterocycles. The molecule has 0 fully saturated rings. The molecule has 0 bridgehead atoms. The van der Waals surface area contributed by atoms with Crippen LogP contribution in [0.5, 0.6) is 0 Å². The normalized spacial score (nSPS) is 10.5. The zero-order chi connectivity index (χ0) is 16.8. The first kappa shape index (κ1) is 16.0. The third-order valence-corrected chi connectivity index (χ3v) is 3.61. The predicted molar refractivity (Wildman–Crippen MR) is 92.9 cm³/mol. The molecule has 1 N–H and O–H groups in total. The largest absolute Gasteiger partial charge is 0.380 e. The number of anilines is 1. The van der Waals surface area contributed by atoms with E-state index in [0.29, 0.717) is 24.4 Å². The summed E-state index contributed by atoms with van der Waals surface area (Å²) in [5.74, 6) is -0.154. The standard InChI is InChI=1S/C19H19N3O2/c1-24-14-16-7-9-17(10-8-16)19(23)21-18-11-20-22(13-18)12-15-5-3-2-4-6-15/h2-11,13H,12,14H2,1H3,(H,21,23). The lowest BCUT2D eigenvalue weighted by Gasteiger charge is -2.04. The van der Waals surface area contributed by atoms with Crippen molar-refractivity contribution in [3.8, 4) is 0 Å². The summed E-state index contributed by atoms with van der Waals surface area (Å²) in [6, 6.07) is 17.4. The van der Waals surface area contributed by atoms with E-state index in [9.17, 15) is 4.79 Å². The van der Waals surface area contributed by atoms with E-state index in [2.05, 4.69) is 10.4 Å². The summed E-state index contributed by atoms with van der Waals surface area (Å²) in [6.45, 7) is 1.20. The van der Waals surface area contributed by atoms with Gasteiger partial charge in [-0.25, -0.2) is 0 Å². The molecule has 1 amide bonds. The number of aromatic nitrogens is 2. The lowest BCUT2D eigenvalue weighted by Crippen LogP contribution is -2.11. The van der Waals surface area contributed by atoms with E-state index in [1.54, 1.807) is 30.1 Å². The van der Waals surface area contributed by atoms with Crippen molar-refractivity contribution >= 4 is 11.6 Å². The smallest absolute Gasteiger partial charge is 0.255 e. The van der Waals surface area contributed by atoms with Gasteiger partial charge in [-0.15, -0.1) is 0 Å². The fourth-order valence-electron chi connectivity index (χ4n) is 2.41. The van der Waals surface area contributed by atoms with Crippen molar-refractivity contribution in [3.63, 3.8) is 0 Å². The Bertz CT molecular complexity index is 795. The molecule has 122 valence electrons. The Morgan fingerprint density at radius 1 is 1.08 bits per heavy atom. The summed E-state index contributed by atoms with van der Waals surface area (Å²) in [6.07, 6.45) is 3.48. The second-order valence-electron chi connectivity index (χ2n) is 5.50. The van der Waals surface area contributed by atoms with E-state index in [1.165, 1.54) is 0 Å². The van der Waals surface area contributed by atoms with Crippen LogP contribution in [-0.2, 0) is 17.9 Å². The van der Waals surface area contributed by atoms with Crippen molar-refractivity contribution in [1.29, 1.82) is 0 Å². The quantitative estimate of drug-likeness (QED) is 0.757. The molecule has 0 unspecified atom stereocenters. The number of carbonyl (C=O) groups is 1. The molecule has 5 heteroatoms. The molecule has 0 aliphatic heterocycles. The maximum atomic E-state index is 12.3. The number of ether oxygens (including phenoxy) is 1. The molecule has 0 atom stereocenters. The van der Waals surface area contributed by atoms with Gasteiger partial charge in [0.2, 0.25) is 0 Å². The van der Waals surface area contributed by atoms with Gasteiger partial charge in [0.05, 0.1) is 25.0 Å². The van der Waals surface area contributed by atoms with Crippen molar-refractivity contribution in [3.05, 3.63) is 83.7 Å². The van der Waals surface area contributed by atoms with E-state index >= 15 is 0 Å². The van der Waals surface area contributed by atoms with Crippen LogP contribution in [-0.4, -0.2) is 22.8 Å². The van der Waals surface area contributed by atoms with Crippen LogP contribution in [0.15, 0.2) is 67.0 Å². The van der Waals surface area contributed by atoms with Crippen molar-refractivity contribution < 1.29 is 9.53 Å². The highest BCUT2D eigenvalue weighted by atomic mass is 16.5. The summed E-state index contributed by atoms with van der Waals surface area (Å²) in [5, 5.41) is 7.14. The number of nitrogens with zero attached hydrogens (tertiary/aromatic N) is 2. The van der Waals surface area contributed by atoms with Crippen LogP contribution >= 0.6 is 0 Å². The van der Waals surface area contributed by atoms with Crippen molar-refractivity contribution in [1.82, 2.24) is 9.78 Å². The number of carbonyl (C=O) groups excluding carboxylic acids is 1. The number of amides is 1. The van der Waals surface area contributed by atoms with Gasteiger partial charge in [0.1, 0.15) is 0 Å². The molecule has 24 heavy (non-hydrogen) atoms. The maximum absolute atomic E-state index is 12.3. The summed E-state index contributed by atoms with van der Waals surface area (Å²) < 4.78 is 6.86. The van der Waals surface area contributed by atoms with Crippen molar-refractivity contribution in [2.75, 3.05) is 12.4 Å². The Labute approximate surface area is 140 Å². The summed E-state index contributed by atoms with van der Waals surface area (Å²) >= 11 is 0. The van der Waals surface area contributed by atoms with E-state index in [-0.39, 0.29) is 5.91 Å². The third kappa shape index (κ3) is 4.08. The van der Waals surface area contributed by atoms with E-state index in [1.807, 2.05) is 48.7 Å². The fraction of sp³-hybridized carbons (Fsp3) is 0.158. The lowest BCUT2D eigenvalue weighted by atomic mass is 10.1. The van der Waals surface area contributed by atoms with Crippen molar-refractivity contribution in [2.24, 2.45) is 0 Å². The Morgan fingerprint density at radius 3 is 2.54 bits per heavy atom. The van der Waals surface area contributed by atoms with Gasteiger partial charge in [-0.05, 0) is 23.3 Å². The van der Waals surface area contributed by atoms with E-state index in [4.69, 9.17) is 4.74 Å². The predicted octanol–water partition coefficient (Wildman–Crippen LogP) is 3.33. The monoisotopic (exact) mass is 321 g/mol. The molecule has 3 aromatic rings. The highest BCUT2D eigenvalue weighted by Gasteiger charge is 2.08. The number of methoxy groups -OCH3 is 1. The minimum Gasteiger partial charge on any atom is -0.380 e. The molecular weight excluding hydrogens is 302 g/mol. The topological polar surface area (TPSA) is 56.1 Å². The summed E-state index contributed by atoms with van der Waals surface area (Å²) in [5.41, 5.74) is 3.47.